The van der Waals surface area contributed by atoms with Crippen LogP contribution in [-0.2, 0) is 6.54 Å². The van der Waals surface area contributed by atoms with Crippen molar-refractivity contribution in [1.29, 1.82) is 0 Å². The Balaban J connectivity index is 1.41. The molecule has 2 N–H and O–H groups in total. The molecule has 3 rings (SSSR count). The van der Waals surface area contributed by atoms with Crippen molar-refractivity contribution in [1.82, 2.24) is 4.98 Å². The van der Waals surface area contributed by atoms with Gasteiger partial charge in [0.1, 0.15) is 32.7 Å². The van der Waals surface area contributed by atoms with Crippen LogP contribution in [-0.4, -0.2) is 37.7 Å². The van der Waals surface area contributed by atoms with Crippen LogP contribution in [0.1, 0.15) is 24.8 Å². The highest BCUT2D eigenvalue weighted by Gasteiger charge is 2.25. The fourth-order valence-electron chi connectivity index (χ4n) is 3.58. The molecule has 0 unspecified atom stereocenters. The van der Waals surface area contributed by atoms with E-state index in [2.05, 4.69) is 29.3 Å². The van der Waals surface area contributed by atoms with Crippen molar-refractivity contribution in [2.24, 2.45) is 5.92 Å². The zero-order valence-electron chi connectivity index (χ0n) is 12.4. The van der Waals surface area contributed by atoms with E-state index in [0.717, 1.165) is 5.92 Å². The highest BCUT2D eigenvalue weighted by atomic mass is 15.3. The van der Waals surface area contributed by atoms with E-state index in [4.69, 9.17) is 0 Å². The summed E-state index contributed by atoms with van der Waals surface area (Å²) in [6.45, 7) is 7.90. The van der Waals surface area contributed by atoms with Crippen molar-refractivity contribution in [3.8, 4) is 0 Å². The third-order valence-corrected chi connectivity index (χ3v) is 4.82. The van der Waals surface area contributed by atoms with E-state index in [1.54, 1.807) is 4.90 Å². The molecule has 1 saturated heterocycles. The van der Waals surface area contributed by atoms with E-state index in [9.17, 15) is 0 Å². The van der Waals surface area contributed by atoms with Gasteiger partial charge in [0.25, 0.3) is 0 Å². The number of piperazine rings is 1. The summed E-state index contributed by atoms with van der Waals surface area (Å²) in [7, 11) is 0. The molecule has 108 valence electrons. The summed E-state index contributed by atoms with van der Waals surface area (Å²) in [4.78, 5) is 7.67. The third kappa shape index (κ3) is 3.90. The van der Waals surface area contributed by atoms with E-state index < -0.39 is 0 Å². The van der Waals surface area contributed by atoms with Gasteiger partial charge in [-0.15, -0.1) is 0 Å². The van der Waals surface area contributed by atoms with Gasteiger partial charge in [-0.3, -0.25) is 4.98 Å². The maximum absolute atomic E-state index is 4.10. The van der Waals surface area contributed by atoms with Crippen molar-refractivity contribution >= 4 is 0 Å². The third-order valence-electron chi connectivity index (χ3n) is 4.82. The number of hydrogen-bond donors (Lipinski definition) is 2. The number of nitrogens with one attached hydrogen (secondary N) is 2. The van der Waals surface area contributed by atoms with Gasteiger partial charge in [0.2, 0.25) is 0 Å². The van der Waals surface area contributed by atoms with Gasteiger partial charge in [-0.2, -0.15) is 0 Å². The summed E-state index contributed by atoms with van der Waals surface area (Å²) in [6, 6.07) is 4.31. The molecule has 2 aliphatic rings. The highest BCUT2D eigenvalue weighted by molar-refractivity contribution is 5.07. The topological polar surface area (TPSA) is 21.8 Å². The number of nitrogens with zero attached hydrogens (tertiary/aromatic N) is 1. The molecule has 1 aliphatic carbocycles. The Labute approximate surface area is 122 Å². The van der Waals surface area contributed by atoms with Crippen LogP contribution in [0.15, 0.2) is 36.7 Å². The smallest absolute Gasteiger partial charge is 0.127 e. The fraction of sp³-hybridized carbons (Fsp3) is 0.588. The lowest BCUT2D eigenvalue weighted by molar-refractivity contribution is -1.02. The molecule has 1 aromatic rings. The van der Waals surface area contributed by atoms with E-state index >= 15 is 0 Å². The molecule has 0 spiro atoms. The Kier molecular flexibility index (Phi) is 4.82. The zero-order chi connectivity index (χ0) is 13.6. The molecule has 0 aromatic carbocycles. The summed E-state index contributed by atoms with van der Waals surface area (Å²) >= 11 is 0. The van der Waals surface area contributed by atoms with Crippen LogP contribution >= 0.6 is 0 Å². The first kappa shape index (κ1) is 13.8. The van der Waals surface area contributed by atoms with Crippen LogP contribution < -0.4 is 9.80 Å². The SMILES string of the molecule is C1=CC[C@H](C[NH+]2CC[NH+](Cc3ccncc3)CC2)CC1. The van der Waals surface area contributed by atoms with Crippen molar-refractivity contribution in [3.05, 3.63) is 42.2 Å². The summed E-state index contributed by atoms with van der Waals surface area (Å²) in [5.41, 5.74) is 1.43. The van der Waals surface area contributed by atoms with Gasteiger partial charge >= 0.3 is 0 Å². The van der Waals surface area contributed by atoms with E-state index in [1.807, 2.05) is 17.3 Å². The van der Waals surface area contributed by atoms with E-state index in [1.165, 1.54) is 64.1 Å². The van der Waals surface area contributed by atoms with Crippen LogP contribution in [0, 0.1) is 5.92 Å². The number of aromatic nitrogens is 1. The summed E-state index contributed by atoms with van der Waals surface area (Å²) in [6.07, 6.45) is 12.6. The summed E-state index contributed by atoms with van der Waals surface area (Å²) in [5, 5.41) is 0. The standard InChI is InChI=1S/C17H25N3/c1-2-4-16(5-3-1)14-19-10-12-20(13-11-19)15-17-6-8-18-9-7-17/h1-2,6-9,16H,3-5,10-15H2/p+2/t16-/m0/s1. The molecular weight excluding hydrogens is 246 g/mol. The van der Waals surface area contributed by atoms with E-state index in [0.29, 0.717) is 0 Å². The Bertz CT molecular complexity index is 421. The van der Waals surface area contributed by atoms with E-state index in [-0.39, 0.29) is 0 Å². The van der Waals surface area contributed by atoms with Crippen LogP contribution in [0.4, 0.5) is 0 Å². The van der Waals surface area contributed by atoms with Crippen molar-refractivity contribution in [2.45, 2.75) is 25.8 Å². The minimum Gasteiger partial charge on any atom is -0.325 e. The lowest BCUT2D eigenvalue weighted by Gasteiger charge is -2.32. The maximum Gasteiger partial charge on any atom is 0.127 e. The largest absolute Gasteiger partial charge is 0.325 e. The Hall–Kier alpha value is -1.19. The second-order valence-electron chi connectivity index (χ2n) is 6.39. The number of rotatable bonds is 4. The summed E-state index contributed by atoms with van der Waals surface area (Å²) < 4.78 is 0. The van der Waals surface area contributed by atoms with Gasteiger partial charge in [-0.05, 0) is 31.4 Å². The van der Waals surface area contributed by atoms with Gasteiger partial charge in [0.15, 0.2) is 0 Å². The van der Waals surface area contributed by atoms with Crippen molar-refractivity contribution in [2.75, 3.05) is 32.7 Å². The predicted molar refractivity (Wildman–Crippen MR) is 80.7 cm³/mol. The highest BCUT2D eigenvalue weighted by Crippen LogP contribution is 2.15. The van der Waals surface area contributed by atoms with Crippen LogP contribution in [0.5, 0.6) is 0 Å². The molecular formula is C17H27N3+2. The first-order valence-corrected chi connectivity index (χ1v) is 8.11. The normalized spacial score (nSPS) is 30.3. The fourth-order valence-corrected chi connectivity index (χ4v) is 3.58. The molecule has 1 atom stereocenters. The molecule has 1 aliphatic heterocycles. The van der Waals surface area contributed by atoms with Crippen LogP contribution in [0.3, 0.4) is 0 Å². The first-order valence-electron chi connectivity index (χ1n) is 8.11. The Morgan fingerprint density at radius 1 is 1.00 bits per heavy atom. The molecule has 1 fully saturated rings. The average molecular weight is 273 g/mol. The average Bonchev–Trinajstić information content (AvgIpc) is 2.51. The molecule has 2 heterocycles. The zero-order valence-corrected chi connectivity index (χ0v) is 12.4. The first-order chi connectivity index (χ1) is 9.90. The maximum atomic E-state index is 4.10. The number of quaternary nitrogens is 2. The number of hydrogen-bond acceptors (Lipinski definition) is 1. The van der Waals surface area contributed by atoms with Crippen molar-refractivity contribution < 1.29 is 9.80 Å². The molecule has 20 heavy (non-hydrogen) atoms. The van der Waals surface area contributed by atoms with Gasteiger partial charge in [0, 0.05) is 23.9 Å². The second-order valence-corrected chi connectivity index (χ2v) is 6.39. The molecule has 0 amide bonds. The second kappa shape index (κ2) is 7.00. The molecule has 1 aromatic heterocycles. The molecule has 3 nitrogen and oxygen atoms in total. The van der Waals surface area contributed by atoms with Gasteiger partial charge in [0.05, 0.1) is 6.54 Å². The van der Waals surface area contributed by atoms with Crippen LogP contribution in [0.2, 0.25) is 0 Å². The molecule has 0 bridgehead atoms. The van der Waals surface area contributed by atoms with Gasteiger partial charge in [-0.1, -0.05) is 12.2 Å². The van der Waals surface area contributed by atoms with Gasteiger partial charge in [-0.25, -0.2) is 0 Å². The number of pyridine rings is 1. The predicted octanol–water partition coefficient (Wildman–Crippen LogP) is -0.279. The molecule has 3 heteroatoms. The monoisotopic (exact) mass is 273 g/mol. The van der Waals surface area contributed by atoms with Gasteiger partial charge < -0.3 is 9.80 Å². The molecule has 0 saturated carbocycles. The van der Waals surface area contributed by atoms with Crippen LogP contribution in [0.25, 0.3) is 0 Å². The minimum atomic E-state index is 0.941. The molecule has 0 radical (unpaired) electrons. The lowest BCUT2D eigenvalue weighted by atomic mass is 9.94. The minimum absolute atomic E-state index is 0.941. The summed E-state index contributed by atoms with van der Waals surface area (Å²) in [5.74, 6) is 0.941. The lowest BCUT2D eigenvalue weighted by Crippen LogP contribution is -3.27. The number of allylic oxidation sites excluding steroid dienone is 2. The van der Waals surface area contributed by atoms with Crippen molar-refractivity contribution in [3.63, 3.8) is 0 Å². The Morgan fingerprint density at radius 2 is 1.75 bits per heavy atom. The quantitative estimate of drug-likeness (QED) is 0.724. The Morgan fingerprint density at radius 3 is 2.45 bits per heavy atom.